The molecule has 0 bridgehead atoms. The molecule has 0 radical (unpaired) electrons. The van der Waals surface area contributed by atoms with E-state index in [1.165, 1.54) is 6.92 Å². The van der Waals surface area contributed by atoms with Gasteiger partial charge in [-0.25, -0.2) is 9.78 Å². The van der Waals surface area contributed by atoms with Gasteiger partial charge in [-0.15, -0.1) is 0 Å². The lowest BCUT2D eigenvalue weighted by Crippen LogP contribution is -2.07. The first-order valence-electron chi connectivity index (χ1n) is 10.1. The summed E-state index contributed by atoms with van der Waals surface area (Å²) in [7, 11) is 0. The third kappa shape index (κ3) is 5.69. The lowest BCUT2D eigenvalue weighted by Gasteiger charge is -2.08. The number of hydrogen-bond acceptors (Lipinski definition) is 6. The van der Waals surface area contributed by atoms with E-state index in [-0.39, 0.29) is 18.1 Å². The van der Waals surface area contributed by atoms with Crippen molar-refractivity contribution >= 4 is 35.0 Å². The second-order valence-electron chi connectivity index (χ2n) is 7.67. The van der Waals surface area contributed by atoms with Gasteiger partial charge in [-0.2, -0.15) is 0 Å². The van der Waals surface area contributed by atoms with Crippen molar-refractivity contribution in [1.29, 1.82) is 0 Å². The largest absolute Gasteiger partial charge is 0.441 e. The van der Waals surface area contributed by atoms with E-state index in [1.807, 2.05) is 13.8 Å². The number of nitrogens with zero attached hydrogens (tertiary/aromatic N) is 1. The molecule has 0 aliphatic heterocycles. The van der Waals surface area contributed by atoms with Crippen LogP contribution in [-0.2, 0) is 16.1 Å². The highest BCUT2D eigenvalue weighted by Gasteiger charge is 2.20. The van der Waals surface area contributed by atoms with Crippen molar-refractivity contribution in [1.82, 2.24) is 4.98 Å². The highest BCUT2D eigenvalue weighted by molar-refractivity contribution is 6.36. The minimum atomic E-state index is -0.560. The highest BCUT2D eigenvalue weighted by atomic mass is 35.5. The third-order valence-corrected chi connectivity index (χ3v) is 5.30. The van der Waals surface area contributed by atoms with E-state index in [0.29, 0.717) is 39.2 Å². The first-order valence-corrected chi connectivity index (χ1v) is 10.8. The van der Waals surface area contributed by atoms with E-state index in [0.717, 1.165) is 17.0 Å². The monoisotopic (exact) mass is 475 g/mol. The van der Waals surface area contributed by atoms with Crippen molar-refractivity contribution in [2.24, 2.45) is 0 Å². The van der Waals surface area contributed by atoms with Gasteiger partial charge in [0.15, 0.2) is 11.5 Å². The number of Topliss-reactive ketones (excluding diaryl/α,β-unsaturated/α-hetero) is 1. The number of carbonyl (C=O) groups is 2. The standard InChI is InChI=1S/C24H23Cl2NO5/c1-13(2)23-21(27-24(30-23)19-7-5-16(25)12-20(19)26)9-10-22(29)18-8-6-17(11-14(18)3)32-31-15(4)28/h5-8,11-13H,9-10H2,1-4H3. The number of carbonyl (C=O) groups excluding carboxylic acids is 2. The molecule has 0 aliphatic rings. The average Bonchev–Trinajstić information content (AvgIpc) is 3.14. The van der Waals surface area contributed by atoms with Crippen molar-refractivity contribution in [3.05, 3.63) is 69.0 Å². The van der Waals surface area contributed by atoms with Gasteiger partial charge in [0.1, 0.15) is 5.76 Å². The van der Waals surface area contributed by atoms with E-state index >= 15 is 0 Å². The summed E-state index contributed by atoms with van der Waals surface area (Å²) in [5.74, 6) is 0.965. The maximum atomic E-state index is 12.8. The molecule has 0 amide bonds. The normalized spacial score (nSPS) is 11.0. The van der Waals surface area contributed by atoms with Crippen LogP contribution in [0, 0.1) is 6.92 Å². The molecule has 0 saturated heterocycles. The first kappa shape index (κ1) is 23.8. The summed E-state index contributed by atoms with van der Waals surface area (Å²) in [5.41, 5.74) is 2.66. The predicted molar refractivity (Wildman–Crippen MR) is 122 cm³/mol. The Kier molecular flexibility index (Phi) is 7.59. The van der Waals surface area contributed by atoms with Gasteiger partial charge in [-0.1, -0.05) is 37.0 Å². The lowest BCUT2D eigenvalue weighted by molar-refractivity contribution is -0.210. The van der Waals surface area contributed by atoms with Gasteiger partial charge in [0.25, 0.3) is 0 Å². The van der Waals surface area contributed by atoms with Crippen LogP contribution in [0.15, 0.2) is 40.8 Å². The van der Waals surface area contributed by atoms with E-state index in [2.05, 4.69) is 9.87 Å². The predicted octanol–water partition coefficient (Wildman–Crippen LogP) is 6.75. The number of rotatable bonds is 8. The fourth-order valence-electron chi connectivity index (χ4n) is 3.25. The number of hydrogen-bond donors (Lipinski definition) is 0. The smallest absolute Gasteiger partial charge is 0.352 e. The zero-order chi connectivity index (χ0) is 23.4. The van der Waals surface area contributed by atoms with Gasteiger partial charge in [-0.05, 0) is 48.9 Å². The molecular formula is C24H23Cl2NO5. The first-order chi connectivity index (χ1) is 15.2. The van der Waals surface area contributed by atoms with Crippen LogP contribution in [0.2, 0.25) is 10.0 Å². The number of aryl methyl sites for hydroxylation is 2. The molecule has 2 aromatic carbocycles. The average molecular weight is 476 g/mol. The Hall–Kier alpha value is -2.83. The maximum Gasteiger partial charge on any atom is 0.352 e. The Morgan fingerprint density at radius 1 is 1.12 bits per heavy atom. The van der Waals surface area contributed by atoms with Gasteiger partial charge in [-0.3, -0.25) is 14.6 Å². The quantitative estimate of drug-likeness (QED) is 0.203. The van der Waals surface area contributed by atoms with Crippen molar-refractivity contribution in [2.45, 2.75) is 46.5 Å². The second-order valence-corrected chi connectivity index (χ2v) is 8.51. The number of halogens is 2. The van der Waals surface area contributed by atoms with Crippen LogP contribution in [0.1, 0.15) is 60.5 Å². The molecule has 1 heterocycles. The molecule has 0 spiro atoms. The van der Waals surface area contributed by atoms with E-state index < -0.39 is 5.97 Å². The minimum Gasteiger partial charge on any atom is -0.441 e. The molecule has 0 saturated carbocycles. The van der Waals surface area contributed by atoms with E-state index in [1.54, 1.807) is 43.3 Å². The van der Waals surface area contributed by atoms with Crippen LogP contribution in [0.3, 0.4) is 0 Å². The summed E-state index contributed by atoms with van der Waals surface area (Å²) in [6.07, 6.45) is 0.678. The van der Waals surface area contributed by atoms with Crippen LogP contribution in [0.25, 0.3) is 11.5 Å². The molecule has 6 nitrogen and oxygen atoms in total. The number of ketones is 1. The molecule has 0 aliphatic carbocycles. The van der Waals surface area contributed by atoms with Gasteiger partial charge < -0.3 is 4.42 Å². The second kappa shape index (κ2) is 10.2. The zero-order valence-electron chi connectivity index (χ0n) is 18.2. The van der Waals surface area contributed by atoms with E-state index in [4.69, 9.17) is 32.5 Å². The van der Waals surface area contributed by atoms with Gasteiger partial charge in [0, 0.05) is 36.3 Å². The summed E-state index contributed by atoms with van der Waals surface area (Å²) < 4.78 is 6.00. The summed E-state index contributed by atoms with van der Waals surface area (Å²) >= 11 is 12.3. The molecule has 168 valence electrons. The summed E-state index contributed by atoms with van der Waals surface area (Å²) in [6, 6.07) is 10.0. The molecule has 3 rings (SSSR count). The molecule has 8 heteroatoms. The lowest BCUT2D eigenvalue weighted by atomic mass is 9.99. The summed E-state index contributed by atoms with van der Waals surface area (Å²) in [4.78, 5) is 37.8. The van der Waals surface area contributed by atoms with Gasteiger partial charge in [0.2, 0.25) is 5.89 Å². The fourth-order valence-corrected chi connectivity index (χ4v) is 3.74. The number of benzene rings is 2. The molecule has 0 N–H and O–H groups in total. The maximum absolute atomic E-state index is 12.8. The minimum absolute atomic E-state index is 0.0367. The van der Waals surface area contributed by atoms with Crippen LogP contribution < -0.4 is 4.89 Å². The Morgan fingerprint density at radius 3 is 2.50 bits per heavy atom. The summed E-state index contributed by atoms with van der Waals surface area (Å²) in [6.45, 7) is 7.05. The fraction of sp³-hybridized carbons (Fsp3) is 0.292. The van der Waals surface area contributed by atoms with Crippen LogP contribution in [0.5, 0.6) is 5.75 Å². The topological polar surface area (TPSA) is 78.6 Å². The van der Waals surface area contributed by atoms with Crippen molar-refractivity contribution in [2.75, 3.05) is 0 Å². The van der Waals surface area contributed by atoms with Crippen molar-refractivity contribution < 1.29 is 23.8 Å². The number of oxazole rings is 1. The Balaban J connectivity index is 1.77. The van der Waals surface area contributed by atoms with Crippen molar-refractivity contribution in [3.63, 3.8) is 0 Å². The molecule has 0 atom stereocenters. The van der Waals surface area contributed by atoms with Crippen LogP contribution in [0.4, 0.5) is 0 Å². The van der Waals surface area contributed by atoms with Crippen LogP contribution >= 0.6 is 23.2 Å². The molecule has 0 fully saturated rings. The molecule has 1 aromatic heterocycles. The number of aromatic nitrogens is 1. The zero-order valence-corrected chi connectivity index (χ0v) is 19.7. The SMILES string of the molecule is CC(=O)OOc1ccc(C(=O)CCc2nc(-c3ccc(Cl)cc3Cl)oc2C(C)C)c(C)c1. The Labute approximate surface area is 196 Å². The highest BCUT2D eigenvalue weighted by Crippen LogP contribution is 2.33. The van der Waals surface area contributed by atoms with Crippen LogP contribution in [-0.4, -0.2) is 16.7 Å². The Bertz CT molecular complexity index is 1150. The summed E-state index contributed by atoms with van der Waals surface area (Å²) in [5, 5.41) is 0.975. The van der Waals surface area contributed by atoms with Gasteiger partial charge in [0.05, 0.1) is 16.3 Å². The molecule has 3 aromatic rings. The van der Waals surface area contributed by atoms with Gasteiger partial charge >= 0.3 is 5.97 Å². The Morgan fingerprint density at radius 2 is 1.88 bits per heavy atom. The molecule has 32 heavy (non-hydrogen) atoms. The van der Waals surface area contributed by atoms with Crippen molar-refractivity contribution in [3.8, 4) is 17.2 Å². The molecular weight excluding hydrogens is 453 g/mol. The third-order valence-electron chi connectivity index (χ3n) is 4.76. The van der Waals surface area contributed by atoms with E-state index in [9.17, 15) is 9.59 Å². The molecule has 0 unspecified atom stereocenters.